The van der Waals surface area contributed by atoms with E-state index < -0.39 is 0 Å². The molecule has 3 nitrogen and oxygen atoms in total. The number of benzene rings is 1. The van der Waals surface area contributed by atoms with Gasteiger partial charge in [-0.3, -0.25) is 4.79 Å². The Kier molecular flexibility index (Phi) is 6.23. The number of rotatable bonds is 3. The van der Waals surface area contributed by atoms with Crippen LogP contribution < -0.4 is 17.0 Å². The smallest absolute Gasteiger partial charge is 0.216 e. The molecule has 1 aromatic carbocycles. The molecule has 0 aliphatic carbocycles. The van der Waals surface area contributed by atoms with E-state index >= 15 is 0 Å². The maximum atomic E-state index is 12.2. The molecule has 18 heavy (non-hydrogen) atoms. The number of morpholine rings is 1. The number of Topliss-reactive ketones (excluding diaryl/α,β-unsaturated/α-hetero) is 1. The Bertz CT molecular complexity index is 402. The average molecular weight is 426 g/mol. The summed E-state index contributed by atoms with van der Waals surface area (Å²) in [4.78, 5) is 12.2. The summed E-state index contributed by atoms with van der Waals surface area (Å²) in [6, 6.07) is 7.79. The molecule has 0 atom stereocenters. The van der Waals surface area contributed by atoms with Gasteiger partial charge in [-0.05, 0) is 34.7 Å². The second-order valence-electron chi connectivity index (χ2n) is 4.77. The number of hydrogen-bond acceptors (Lipinski definition) is 2. The molecule has 5 heteroatoms. The Balaban J connectivity index is 0.00000162. The number of nitrogens with zero attached hydrogens (tertiary/aromatic N) is 1. The number of carbonyl (C=O) groups excluding carboxylic acids is 1. The van der Waals surface area contributed by atoms with Crippen LogP contribution in [0, 0.1) is 3.57 Å². The molecule has 1 aromatic rings. The predicted molar refractivity (Wildman–Crippen MR) is 75.1 cm³/mol. The number of likely N-dealkylation sites (N-methyl/N-ethyl adjacent to an activating group) is 1. The van der Waals surface area contributed by atoms with Crippen molar-refractivity contribution in [3.63, 3.8) is 0 Å². The van der Waals surface area contributed by atoms with E-state index in [-0.39, 0.29) is 22.8 Å². The summed E-state index contributed by atoms with van der Waals surface area (Å²) in [5.74, 6) is 0.228. The number of carbonyl (C=O) groups is 1. The van der Waals surface area contributed by atoms with Crippen LogP contribution in [0.5, 0.6) is 0 Å². The summed E-state index contributed by atoms with van der Waals surface area (Å²) in [5.41, 5.74) is 0.816. The zero-order chi connectivity index (χ0) is 12.3. The van der Waals surface area contributed by atoms with Crippen molar-refractivity contribution in [2.24, 2.45) is 0 Å². The summed E-state index contributed by atoms with van der Waals surface area (Å²) < 4.78 is 7.29. The minimum Gasteiger partial charge on any atom is -1.00 e. The molecule has 2 rings (SSSR count). The molecule has 1 heterocycles. The SMILES string of the molecule is C[N+]1(CC(=O)c2ccc(I)cc2)CCOCC1.[Br-]. The molecule has 100 valence electrons. The normalized spacial score (nSPS) is 17.9. The molecule has 1 fully saturated rings. The van der Waals surface area contributed by atoms with Gasteiger partial charge in [0.2, 0.25) is 5.78 Å². The maximum absolute atomic E-state index is 12.2. The number of ether oxygens (including phenoxy) is 1. The van der Waals surface area contributed by atoms with Gasteiger partial charge < -0.3 is 26.2 Å². The van der Waals surface area contributed by atoms with Gasteiger partial charge in [0.05, 0.1) is 20.3 Å². The highest BCUT2D eigenvalue weighted by Crippen LogP contribution is 2.12. The molecule has 0 saturated carbocycles. The van der Waals surface area contributed by atoms with Crippen LogP contribution in [0.15, 0.2) is 24.3 Å². The molecule has 1 saturated heterocycles. The summed E-state index contributed by atoms with van der Waals surface area (Å²) in [6.07, 6.45) is 0. The monoisotopic (exact) mass is 425 g/mol. The van der Waals surface area contributed by atoms with Gasteiger partial charge in [0, 0.05) is 9.13 Å². The van der Waals surface area contributed by atoms with Gasteiger partial charge >= 0.3 is 0 Å². The molecule has 1 aliphatic heterocycles. The van der Waals surface area contributed by atoms with Gasteiger partial charge in [0.25, 0.3) is 0 Å². The van der Waals surface area contributed by atoms with Crippen LogP contribution in [0.4, 0.5) is 0 Å². The molecule has 1 aliphatic rings. The van der Waals surface area contributed by atoms with Crippen LogP contribution in [0.1, 0.15) is 10.4 Å². The van der Waals surface area contributed by atoms with Gasteiger partial charge in [-0.1, -0.05) is 12.1 Å². The van der Waals surface area contributed by atoms with E-state index in [9.17, 15) is 4.79 Å². The van der Waals surface area contributed by atoms with Crippen molar-refractivity contribution < 1.29 is 31.0 Å². The Morgan fingerprint density at radius 3 is 2.39 bits per heavy atom. The largest absolute Gasteiger partial charge is 1.00 e. The Morgan fingerprint density at radius 2 is 1.83 bits per heavy atom. The van der Waals surface area contributed by atoms with E-state index in [4.69, 9.17) is 4.74 Å². The zero-order valence-electron chi connectivity index (χ0n) is 10.4. The molecule has 0 aromatic heterocycles. The van der Waals surface area contributed by atoms with E-state index in [1.807, 2.05) is 24.3 Å². The van der Waals surface area contributed by atoms with Crippen LogP contribution in [0.25, 0.3) is 0 Å². The molecule has 0 spiro atoms. The molecule has 0 amide bonds. The van der Waals surface area contributed by atoms with Crippen molar-refractivity contribution in [2.75, 3.05) is 39.9 Å². The standard InChI is InChI=1S/C13H17INO2.BrH/c1-15(6-8-17-9-7-15)10-13(16)11-2-4-12(14)5-3-11;/h2-5H,6-10H2,1H3;1H/q+1;/p-1. The van der Waals surface area contributed by atoms with Gasteiger partial charge in [0.1, 0.15) is 19.6 Å². The molecule has 0 bridgehead atoms. The van der Waals surface area contributed by atoms with E-state index in [1.165, 1.54) is 0 Å². The summed E-state index contributed by atoms with van der Waals surface area (Å²) in [6.45, 7) is 3.95. The number of quaternary nitrogens is 1. The lowest BCUT2D eigenvalue weighted by Crippen LogP contribution is -3.00. The third kappa shape index (κ3) is 4.29. The van der Waals surface area contributed by atoms with Crippen molar-refractivity contribution >= 4 is 28.4 Å². The third-order valence-corrected chi connectivity index (χ3v) is 3.96. The highest BCUT2D eigenvalue weighted by molar-refractivity contribution is 14.1. The number of halogens is 2. The molecule has 0 N–H and O–H groups in total. The third-order valence-electron chi connectivity index (χ3n) is 3.24. The van der Waals surface area contributed by atoms with E-state index in [0.717, 1.165) is 39.9 Å². The van der Waals surface area contributed by atoms with Gasteiger partial charge in [0.15, 0.2) is 0 Å². The highest BCUT2D eigenvalue weighted by Gasteiger charge is 2.28. The topological polar surface area (TPSA) is 26.3 Å². The van der Waals surface area contributed by atoms with Crippen LogP contribution >= 0.6 is 22.6 Å². The van der Waals surface area contributed by atoms with Gasteiger partial charge in [-0.15, -0.1) is 0 Å². The highest BCUT2D eigenvalue weighted by atomic mass is 127. The summed E-state index contributed by atoms with van der Waals surface area (Å²) in [5, 5.41) is 0. The molecular formula is C13H17BrINO2. The van der Waals surface area contributed by atoms with E-state index in [2.05, 4.69) is 29.6 Å². The average Bonchev–Trinajstić information content (AvgIpc) is 2.30. The van der Waals surface area contributed by atoms with E-state index in [1.54, 1.807) is 0 Å². The summed E-state index contributed by atoms with van der Waals surface area (Å²) in [7, 11) is 2.13. The number of ketones is 1. The first-order chi connectivity index (χ1) is 8.09. The first kappa shape index (κ1) is 16.1. The van der Waals surface area contributed by atoms with Crippen molar-refractivity contribution in [1.82, 2.24) is 0 Å². The van der Waals surface area contributed by atoms with Crippen molar-refractivity contribution in [2.45, 2.75) is 0 Å². The minimum absolute atomic E-state index is 0. The van der Waals surface area contributed by atoms with Gasteiger partial charge in [-0.2, -0.15) is 0 Å². The van der Waals surface area contributed by atoms with Crippen LogP contribution in [-0.2, 0) is 4.74 Å². The van der Waals surface area contributed by atoms with Crippen LogP contribution in [0.2, 0.25) is 0 Å². The van der Waals surface area contributed by atoms with E-state index in [0.29, 0.717) is 6.54 Å². The quantitative estimate of drug-likeness (QED) is 0.351. The second kappa shape index (κ2) is 6.98. The van der Waals surface area contributed by atoms with Crippen LogP contribution in [-0.4, -0.2) is 50.2 Å². The molecule has 0 unspecified atom stereocenters. The zero-order valence-corrected chi connectivity index (χ0v) is 14.1. The fourth-order valence-electron chi connectivity index (χ4n) is 2.02. The lowest BCUT2D eigenvalue weighted by atomic mass is 10.1. The predicted octanol–water partition coefficient (Wildman–Crippen LogP) is -1.05. The van der Waals surface area contributed by atoms with Gasteiger partial charge in [-0.25, -0.2) is 0 Å². The Hall–Kier alpha value is 0.0200. The molecule has 0 radical (unpaired) electrons. The molecular weight excluding hydrogens is 409 g/mol. The van der Waals surface area contributed by atoms with Crippen molar-refractivity contribution in [1.29, 1.82) is 0 Å². The summed E-state index contributed by atoms with van der Waals surface area (Å²) >= 11 is 2.25. The fraction of sp³-hybridized carbons (Fsp3) is 0.462. The Morgan fingerprint density at radius 1 is 1.28 bits per heavy atom. The van der Waals surface area contributed by atoms with Crippen molar-refractivity contribution in [3.8, 4) is 0 Å². The van der Waals surface area contributed by atoms with Crippen LogP contribution in [0.3, 0.4) is 0 Å². The lowest BCUT2D eigenvalue weighted by molar-refractivity contribution is -0.908. The first-order valence-corrected chi connectivity index (χ1v) is 6.87. The first-order valence-electron chi connectivity index (χ1n) is 5.79. The Labute approximate surface area is 132 Å². The number of hydrogen-bond donors (Lipinski definition) is 0. The lowest BCUT2D eigenvalue weighted by Gasteiger charge is -2.36. The fourth-order valence-corrected chi connectivity index (χ4v) is 2.38. The minimum atomic E-state index is 0. The maximum Gasteiger partial charge on any atom is 0.216 e. The van der Waals surface area contributed by atoms with Crippen molar-refractivity contribution in [3.05, 3.63) is 33.4 Å². The second-order valence-corrected chi connectivity index (χ2v) is 6.01.